The third-order valence-electron chi connectivity index (χ3n) is 1.94. The lowest BCUT2D eigenvalue weighted by Gasteiger charge is -2.17. The summed E-state index contributed by atoms with van der Waals surface area (Å²) in [6, 6.07) is 4.83. The standard InChI is InChI=1S/C9H12BrNO3/c10-6-3-1-2-5(8(6)13)9(14)7(12)4-11/h1-3,7,9,12-14H,4,11H2. The molecule has 4 nitrogen and oxygen atoms in total. The lowest BCUT2D eigenvalue weighted by atomic mass is 10.0. The van der Waals surface area contributed by atoms with E-state index in [-0.39, 0.29) is 17.9 Å². The first-order chi connectivity index (χ1) is 6.57. The zero-order chi connectivity index (χ0) is 10.7. The van der Waals surface area contributed by atoms with Gasteiger partial charge in [-0.25, -0.2) is 0 Å². The molecule has 0 spiro atoms. The minimum absolute atomic E-state index is 0.0624. The first-order valence-electron chi connectivity index (χ1n) is 4.11. The van der Waals surface area contributed by atoms with Crippen molar-refractivity contribution in [2.45, 2.75) is 12.2 Å². The Hall–Kier alpha value is -0.620. The number of aromatic hydroxyl groups is 1. The van der Waals surface area contributed by atoms with Crippen LogP contribution in [0.3, 0.4) is 0 Å². The second-order valence-electron chi connectivity index (χ2n) is 2.93. The van der Waals surface area contributed by atoms with Crippen molar-refractivity contribution in [3.8, 4) is 5.75 Å². The lowest BCUT2D eigenvalue weighted by Crippen LogP contribution is -2.27. The number of phenolic OH excluding ortho intramolecular Hbond substituents is 1. The molecule has 0 bridgehead atoms. The average molecular weight is 262 g/mol. The first-order valence-corrected chi connectivity index (χ1v) is 4.90. The van der Waals surface area contributed by atoms with Crippen molar-refractivity contribution >= 4 is 15.9 Å². The summed E-state index contributed by atoms with van der Waals surface area (Å²) in [5.41, 5.74) is 5.46. The maximum atomic E-state index is 9.58. The summed E-state index contributed by atoms with van der Waals surface area (Å²) in [6.45, 7) is -0.0624. The van der Waals surface area contributed by atoms with Crippen LogP contribution in [0, 0.1) is 0 Å². The van der Waals surface area contributed by atoms with Crippen LogP contribution in [0.1, 0.15) is 11.7 Å². The monoisotopic (exact) mass is 261 g/mol. The number of nitrogens with two attached hydrogens (primary N) is 1. The minimum atomic E-state index is -1.17. The number of aliphatic hydroxyl groups is 2. The Labute approximate surface area is 90.1 Å². The summed E-state index contributed by atoms with van der Waals surface area (Å²) in [5.74, 6) is -0.0764. The number of para-hydroxylation sites is 1. The van der Waals surface area contributed by atoms with Crippen molar-refractivity contribution in [3.05, 3.63) is 28.2 Å². The molecular weight excluding hydrogens is 250 g/mol. The van der Waals surface area contributed by atoms with Gasteiger partial charge in [0.25, 0.3) is 0 Å². The zero-order valence-electron chi connectivity index (χ0n) is 7.39. The Morgan fingerprint density at radius 2 is 2.00 bits per heavy atom. The smallest absolute Gasteiger partial charge is 0.135 e. The zero-order valence-corrected chi connectivity index (χ0v) is 8.98. The number of hydrogen-bond acceptors (Lipinski definition) is 4. The quantitative estimate of drug-likeness (QED) is 0.639. The maximum absolute atomic E-state index is 9.58. The van der Waals surface area contributed by atoms with E-state index in [1.54, 1.807) is 12.1 Å². The molecule has 1 aromatic carbocycles. The van der Waals surface area contributed by atoms with E-state index in [0.29, 0.717) is 4.47 Å². The van der Waals surface area contributed by atoms with Crippen LogP contribution in [-0.2, 0) is 0 Å². The van der Waals surface area contributed by atoms with E-state index in [2.05, 4.69) is 15.9 Å². The summed E-state index contributed by atoms with van der Waals surface area (Å²) >= 11 is 3.11. The molecule has 0 radical (unpaired) electrons. The highest BCUT2D eigenvalue weighted by atomic mass is 79.9. The molecule has 0 heterocycles. The molecule has 0 aromatic heterocycles. The number of aliphatic hydroxyl groups excluding tert-OH is 2. The second-order valence-corrected chi connectivity index (χ2v) is 3.78. The molecule has 0 fully saturated rings. The van der Waals surface area contributed by atoms with Crippen molar-refractivity contribution < 1.29 is 15.3 Å². The summed E-state index contributed by atoms with van der Waals surface area (Å²) in [7, 11) is 0. The van der Waals surface area contributed by atoms with Gasteiger partial charge < -0.3 is 21.1 Å². The van der Waals surface area contributed by atoms with Crippen LogP contribution in [0.4, 0.5) is 0 Å². The van der Waals surface area contributed by atoms with Gasteiger partial charge in [0, 0.05) is 12.1 Å². The van der Waals surface area contributed by atoms with Gasteiger partial charge >= 0.3 is 0 Å². The van der Waals surface area contributed by atoms with E-state index in [1.807, 2.05) is 0 Å². The number of phenols is 1. The van der Waals surface area contributed by atoms with Gasteiger partial charge in [-0.05, 0) is 22.0 Å². The summed E-state index contributed by atoms with van der Waals surface area (Å²) in [4.78, 5) is 0. The van der Waals surface area contributed by atoms with Crippen LogP contribution in [0.5, 0.6) is 5.75 Å². The largest absolute Gasteiger partial charge is 0.506 e. The molecule has 0 aliphatic heterocycles. The number of benzene rings is 1. The van der Waals surface area contributed by atoms with Gasteiger partial charge in [0.2, 0.25) is 0 Å². The molecule has 5 heteroatoms. The van der Waals surface area contributed by atoms with Crippen LogP contribution in [0.2, 0.25) is 0 Å². The first kappa shape index (κ1) is 11.5. The van der Waals surface area contributed by atoms with Gasteiger partial charge in [-0.3, -0.25) is 0 Å². The minimum Gasteiger partial charge on any atom is -0.506 e. The molecule has 2 atom stereocenters. The average Bonchev–Trinajstić information content (AvgIpc) is 2.20. The Morgan fingerprint density at radius 3 is 2.57 bits per heavy atom. The molecule has 0 saturated heterocycles. The van der Waals surface area contributed by atoms with Gasteiger partial charge in [-0.2, -0.15) is 0 Å². The normalized spacial score (nSPS) is 15.1. The molecule has 14 heavy (non-hydrogen) atoms. The molecule has 0 amide bonds. The highest BCUT2D eigenvalue weighted by Crippen LogP contribution is 2.32. The van der Waals surface area contributed by atoms with E-state index < -0.39 is 12.2 Å². The molecular formula is C9H12BrNO3. The fraction of sp³-hybridized carbons (Fsp3) is 0.333. The van der Waals surface area contributed by atoms with E-state index >= 15 is 0 Å². The van der Waals surface area contributed by atoms with Crippen molar-refractivity contribution in [1.29, 1.82) is 0 Å². The number of halogens is 1. The van der Waals surface area contributed by atoms with Gasteiger partial charge in [-0.15, -0.1) is 0 Å². The van der Waals surface area contributed by atoms with Crippen LogP contribution in [-0.4, -0.2) is 28.0 Å². The van der Waals surface area contributed by atoms with Crippen LogP contribution in [0.15, 0.2) is 22.7 Å². The molecule has 78 valence electrons. The van der Waals surface area contributed by atoms with E-state index in [9.17, 15) is 15.3 Å². The molecule has 0 aliphatic carbocycles. The molecule has 5 N–H and O–H groups in total. The fourth-order valence-electron chi connectivity index (χ4n) is 1.11. The third kappa shape index (κ3) is 2.24. The Kier molecular flexibility index (Phi) is 3.88. The number of rotatable bonds is 3. The lowest BCUT2D eigenvalue weighted by molar-refractivity contribution is 0.0229. The molecule has 1 rings (SSSR count). The summed E-state index contributed by atoms with van der Waals surface area (Å²) < 4.78 is 0.471. The van der Waals surface area contributed by atoms with E-state index in [1.165, 1.54) is 6.07 Å². The maximum Gasteiger partial charge on any atom is 0.135 e. The highest BCUT2D eigenvalue weighted by molar-refractivity contribution is 9.10. The predicted molar refractivity (Wildman–Crippen MR) is 55.8 cm³/mol. The highest BCUT2D eigenvalue weighted by Gasteiger charge is 2.20. The summed E-state index contributed by atoms with van der Waals surface area (Å²) in [5, 5.41) is 28.4. The van der Waals surface area contributed by atoms with Crippen LogP contribution >= 0.6 is 15.9 Å². The van der Waals surface area contributed by atoms with Gasteiger partial charge in [0.15, 0.2) is 0 Å². The van der Waals surface area contributed by atoms with Crippen molar-refractivity contribution in [2.24, 2.45) is 5.73 Å². The Morgan fingerprint density at radius 1 is 1.36 bits per heavy atom. The van der Waals surface area contributed by atoms with Crippen LogP contribution < -0.4 is 5.73 Å². The van der Waals surface area contributed by atoms with E-state index in [0.717, 1.165) is 0 Å². The van der Waals surface area contributed by atoms with Gasteiger partial charge in [0.1, 0.15) is 11.9 Å². The van der Waals surface area contributed by atoms with Gasteiger partial charge in [-0.1, -0.05) is 12.1 Å². The molecule has 1 aromatic rings. The van der Waals surface area contributed by atoms with Crippen LogP contribution in [0.25, 0.3) is 0 Å². The predicted octanol–water partition coefficient (Wildman–Crippen LogP) is 0.508. The SMILES string of the molecule is NCC(O)C(O)c1cccc(Br)c1O. The van der Waals surface area contributed by atoms with Crippen molar-refractivity contribution in [1.82, 2.24) is 0 Å². The molecule has 2 unspecified atom stereocenters. The topological polar surface area (TPSA) is 86.7 Å². The van der Waals surface area contributed by atoms with Crippen molar-refractivity contribution in [2.75, 3.05) is 6.54 Å². The van der Waals surface area contributed by atoms with Gasteiger partial charge in [0.05, 0.1) is 10.6 Å². The third-order valence-corrected chi connectivity index (χ3v) is 2.58. The second kappa shape index (κ2) is 4.75. The molecule has 0 aliphatic rings. The van der Waals surface area contributed by atoms with E-state index in [4.69, 9.17) is 5.73 Å². The Balaban J connectivity index is 3.01. The molecule has 0 saturated carbocycles. The number of hydrogen-bond donors (Lipinski definition) is 4. The fourth-order valence-corrected chi connectivity index (χ4v) is 1.49. The summed E-state index contributed by atoms with van der Waals surface area (Å²) in [6.07, 6.45) is -2.24. The Bertz CT molecular complexity index is 319. The van der Waals surface area contributed by atoms with Crippen molar-refractivity contribution in [3.63, 3.8) is 0 Å².